The molecule has 2 atom stereocenters. The van der Waals surface area contributed by atoms with Gasteiger partial charge in [-0.05, 0) is 32.2 Å². The summed E-state index contributed by atoms with van der Waals surface area (Å²) in [7, 11) is 0. The topological polar surface area (TPSA) is 53.4 Å². The Hall–Kier alpha value is -0.940. The summed E-state index contributed by atoms with van der Waals surface area (Å²) in [6.45, 7) is 5.52. The van der Waals surface area contributed by atoms with E-state index >= 15 is 0 Å². The van der Waals surface area contributed by atoms with Crippen molar-refractivity contribution in [1.29, 1.82) is 0 Å². The maximum atomic E-state index is 11.3. The minimum absolute atomic E-state index is 0.223. The standard InChI is InChI=1S/C12H18N2O2S/c1-8-4-3-5-14(11(8)12(15)16)6-10-7-17-9(2)13-10/h7-8,11H,3-6H2,1-2H3,(H,15,16). The van der Waals surface area contributed by atoms with Gasteiger partial charge in [0, 0.05) is 11.9 Å². The smallest absolute Gasteiger partial charge is 0.321 e. The van der Waals surface area contributed by atoms with Crippen LogP contribution in [-0.4, -0.2) is 33.5 Å². The normalized spacial score (nSPS) is 26.0. The summed E-state index contributed by atoms with van der Waals surface area (Å²) in [5.74, 6) is -0.481. The fraction of sp³-hybridized carbons (Fsp3) is 0.667. The maximum absolute atomic E-state index is 11.3. The average Bonchev–Trinajstić information content (AvgIpc) is 2.63. The van der Waals surface area contributed by atoms with Crippen LogP contribution in [0.5, 0.6) is 0 Å². The van der Waals surface area contributed by atoms with E-state index in [1.165, 1.54) is 0 Å². The molecule has 1 aliphatic heterocycles. The lowest BCUT2D eigenvalue weighted by molar-refractivity contribution is -0.147. The molecule has 0 radical (unpaired) electrons. The van der Waals surface area contributed by atoms with Gasteiger partial charge in [-0.15, -0.1) is 11.3 Å². The number of carbonyl (C=O) groups is 1. The van der Waals surface area contributed by atoms with Crippen LogP contribution < -0.4 is 0 Å². The molecule has 1 aromatic rings. The van der Waals surface area contributed by atoms with Gasteiger partial charge >= 0.3 is 5.97 Å². The van der Waals surface area contributed by atoms with Crippen LogP contribution in [0.25, 0.3) is 0 Å². The number of hydrogen-bond acceptors (Lipinski definition) is 4. The van der Waals surface area contributed by atoms with Crippen molar-refractivity contribution in [3.63, 3.8) is 0 Å². The van der Waals surface area contributed by atoms with Gasteiger partial charge in [-0.25, -0.2) is 4.98 Å². The average molecular weight is 254 g/mol. The van der Waals surface area contributed by atoms with Crippen molar-refractivity contribution in [2.75, 3.05) is 6.54 Å². The van der Waals surface area contributed by atoms with Crippen molar-refractivity contribution < 1.29 is 9.90 Å². The first-order chi connectivity index (χ1) is 8.08. The Morgan fingerprint density at radius 3 is 3.06 bits per heavy atom. The van der Waals surface area contributed by atoms with Crippen LogP contribution in [0.1, 0.15) is 30.5 Å². The molecule has 0 spiro atoms. The number of likely N-dealkylation sites (tertiary alicyclic amines) is 1. The van der Waals surface area contributed by atoms with Gasteiger partial charge in [0.2, 0.25) is 0 Å². The van der Waals surface area contributed by atoms with E-state index in [4.69, 9.17) is 0 Å². The van der Waals surface area contributed by atoms with E-state index in [0.717, 1.165) is 30.1 Å². The molecule has 5 heteroatoms. The number of hydrogen-bond donors (Lipinski definition) is 1. The third-order valence-electron chi connectivity index (χ3n) is 3.32. The van der Waals surface area contributed by atoms with Crippen molar-refractivity contribution >= 4 is 17.3 Å². The zero-order valence-corrected chi connectivity index (χ0v) is 11.0. The van der Waals surface area contributed by atoms with Crippen molar-refractivity contribution in [3.8, 4) is 0 Å². The zero-order chi connectivity index (χ0) is 12.4. The highest BCUT2D eigenvalue weighted by Crippen LogP contribution is 2.25. The van der Waals surface area contributed by atoms with Gasteiger partial charge in [-0.1, -0.05) is 6.92 Å². The molecule has 4 nitrogen and oxygen atoms in total. The molecule has 17 heavy (non-hydrogen) atoms. The fourth-order valence-corrected chi connectivity index (χ4v) is 3.14. The van der Waals surface area contributed by atoms with E-state index in [0.29, 0.717) is 6.54 Å². The van der Waals surface area contributed by atoms with Crippen LogP contribution >= 0.6 is 11.3 Å². The largest absolute Gasteiger partial charge is 0.480 e. The van der Waals surface area contributed by atoms with E-state index < -0.39 is 5.97 Å². The Bertz CT molecular complexity index is 405. The maximum Gasteiger partial charge on any atom is 0.321 e. The van der Waals surface area contributed by atoms with Gasteiger partial charge < -0.3 is 5.11 Å². The number of carboxylic acid groups (broad SMARTS) is 1. The lowest BCUT2D eigenvalue weighted by Gasteiger charge is -2.36. The van der Waals surface area contributed by atoms with Crippen molar-refractivity contribution in [3.05, 3.63) is 16.1 Å². The molecule has 0 bridgehead atoms. The second-order valence-corrected chi connectivity index (χ2v) is 5.79. The third kappa shape index (κ3) is 2.84. The van der Waals surface area contributed by atoms with E-state index in [2.05, 4.69) is 4.98 Å². The van der Waals surface area contributed by atoms with Gasteiger partial charge in [0.15, 0.2) is 0 Å². The minimum atomic E-state index is -0.704. The lowest BCUT2D eigenvalue weighted by atomic mass is 9.91. The predicted octanol–water partition coefficient (Wildman–Crippen LogP) is 2.14. The highest BCUT2D eigenvalue weighted by molar-refractivity contribution is 7.09. The lowest BCUT2D eigenvalue weighted by Crippen LogP contribution is -2.48. The Labute approximate surface area is 105 Å². The number of carboxylic acids is 1. The molecular weight excluding hydrogens is 236 g/mol. The van der Waals surface area contributed by atoms with Gasteiger partial charge in [-0.2, -0.15) is 0 Å². The molecule has 0 aromatic carbocycles. The first-order valence-electron chi connectivity index (χ1n) is 5.96. The quantitative estimate of drug-likeness (QED) is 0.898. The van der Waals surface area contributed by atoms with Crippen LogP contribution in [0.3, 0.4) is 0 Å². The summed E-state index contributed by atoms with van der Waals surface area (Å²) in [5, 5.41) is 12.4. The fourth-order valence-electron chi connectivity index (χ4n) is 2.54. The molecule has 1 fully saturated rings. The summed E-state index contributed by atoms with van der Waals surface area (Å²) in [4.78, 5) is 17.8. The van der Waals surface area contributed by atoms with E-state index in [1.54, 1.807) is 11.3 Å². The van der Waals surface area contributed by atoms with E-state index in [9.17, 15) is 9.90 Å². The van der Waals surface area contributed by atoms with Crippen molar-refractivity contribution in [2.45, 2.75) is 39.3 Å². The number of aliphatic carboxylic acids is 1. The second-order valence-electron chi connectivity index (χ2n) is 4.73. The van der Waals surface area contributed by atoms with E-state index in [1.807, 2.05) is 24.1 Å². The number of thiazole rings is 1. The molecule has 0 amide bonds. The first kappa shape index (κ1) is 12.5. The summed E-state index contributed by atoms with van der Waals surface area (Å²) in [5.41, 5.74) is 0.993. The molecule has 0 aliphatic carbocycles. The van der Waals surface area contributed by atoms with E-state index in [-0.39, 0.29) is 12.0 Å². The molecule has 2 heterocycles. The monoisotopic (exact) mass is 254 g/mol. The summed E-state index contributed by atoms with van der Waals surface area (Å²) < 4.78 is 0. The Balaban J connectivity index is 2.09. The van der Waals surface area contributed by atoms with Crippen molar-refractivity contribution in [1.82, 2.24) is 9.88 Å². The molecule has 94 valence electrons. The molecule has 2 unspecified atom stereocenters. The van der Waals surface area contributed by atoms with Crippen molar-refractivity contribution in [2.24, 2.45) is 5.92 Å². The Morgan fingerprint density at radius 1 is 1.71 bits per heavy atom. The molecule has 1 saturated heterocycles. The molecule has 1 N–H and O–H groups in total. The predicted molar refractivity (Wildman–Crippen MR) is 67.1 cm³/mol. The summed E-state index contributed by atoms with van der Waals surface area (Å²) in [6, 6.07) is -0.356. The van der Waals surface area contributed by atoms with Crippen LogP contribution in [0, 0.1) is 12.8 Å². The van der Waals surface area contributed by atoms with Crippen LogP contribution in [-0.2, 0) is 11.3 Å². The number of aryl methyl sites for hydroxylation is 1. The van der Waals surface area contributed by atoms with Crippen LogP contribution in [0.2, 0.25) is 0 Å². The molecule has 1 aliphatic rings. The van der Waals surface area contributed by atoms with Gasteiger partial charge in [0.05, 0.1) is 10.7 Å². The number of rotatable bonds is 3. The SMILES string of the molecule is Cc1nc(CN2CCCC(C)C2C(=O)O)cs1. The second kappa shape index (κ2) is 5.14. The zero-order valence-electron chi connectivity index (χ0n) is 10.2. The molecule has 2 rings (SSSR count). The molecular formula is C12H18N2O2S. The molecule has 1 aromatic heterocycles. The number of aromatic nitrogens is 1. The van der Waals surface area contributed by atoms with Gasteiger partial charge in [0.25, 0.3) is 0 Å². The Kier molecular flexibility index (Phi) is 3.79. The highest BCUT2D eigenvalue weighted by atomic mass is 32.1. The summed E-state index contributed by atoms with van der Waals surface area (Å²) in [6.07, 6.45) is 2.08. The van der Waals surface area contributed by atoms with Crippen LogP contribution in [0.15, 0.2) is 5.38 Å². The minimum Gasteiger partial charge on any atom is -0.480 e. The summed E-state index contributed by atoms with van der Waals surface area (Å²) >= 11 is 1.62. The van der Waals surface area contributed by atoms with Gasteiger partial charge in [-0.3, -0.25) is 9.69 Å². The Morgan fingerprint density at radius 2 is 2.47 bits per heavy atom. The number of piperidine rings is 1. The molecule has 0 saturated carbocycles. The highest BCUT2D eigenvalue weighted by Gasteiger charge is 2.34. The first-order valence-corrected chi connectivity index (χ1v) is 6.83. The van der Waals surface area contributed by atoms with Gasteiger partial charge in [0.1, 0.15) is 6.04 Å². The van der Waals surface area contributed by atoms with Crippen LogP contribution in [0.4, 0.5) is 0 Å². The third-order valence-corrected chi connectivity index (χ3v) is 4.14. The number of nitrogens with zero attached hydrogens (tertiary/aromatic N) is 2.